The third kappa shape index (κ3) is 2.94. The highest BCUT2D eigenvalue weighted by molar-refractivity contribution is 5.26. The van der Waals surface area contributed by atoms with Crippen molar-refractivity contribution in [2.75, 3.05) is 0 Å². The summed E-state index contributed by atoms with van der Waals surface area (Å²) in [6.45, 7) is 3.75. The summed E-state index contributed by atoms with van der Waals surface area (Å²) in [5.74, 6) is 0.354. The van der Waals surface area contributed by atoms with E-state index in [1.807, 2.05) is 30.3 Å². The van der Waals surface area contributed by atoms with Gasteiger partial charge >= 0.3 is 0 Å². The maximum absolute atomic E-state index is 12.8. The van der Waals surface area contributed by atoms with Crippen molar-refractivity contribution in [3.8, 4) is 5.75 Å². The minimum absolute atomic E-state index is 0.221. The van der Waals surface area contributed by atoms with Crippen molar-refractivity contribution in [1.82, 2.24) is 0 Å². The second-order valence-corrected chi connectivity index (χ2v) is 3.64. The number of ether oxygens (including phenoxy) is 1. The van der Waals surface area contributed by atoms with Crippen LogP contribution in [0.15, 0.2) is 67.3 Å². The number of hydrogen-bond acceptors (Lipinski definition) is 1. The fraction of sp³-hybridized carbons (Fsp3) is 0.0667. The number of hydrogen-bond donors (Lipinski definition) is 0. The molecule has 0 saturated heterocycles. The van der Waals surface area contributed by atoms with Crippen molar-refractivity contribution in [3.63, 3.8) is 0 Å². The first-order chi connectivity index (χ1) is 8.29. The van der Waals surface area contributed by atoms with E-state index in [1.54, 1.807) is 18.2 Å². The monoisotopic (exact) mass is 228 g/mol. The van der Waals surface area contributed by atoms with Gasteiger partial charge in [-0.05, 0) is 35.9 Å². The lowest BCUT2D eigenvalue weighted by Crippen LogP contribution is -2.04. The van der Waals surface area contributed by atoms with Crippen LogP contribution in [0.1, 0.15) is 11.7 Å². The molecular formula is C15H13FO. The number of halogens is 1. The summed E-state index contributed by atoms with van der Waals surface area (Å²) < 4.78 is 18.5. The van der Waals surface area contributed by atoms with E-state index in [1.165, 1.54) is 12.1 Å². The molecule has 0 heterocycles. The SMILES string of the molecule is C=CC(Oc1ccc(F)cc1)c1ccccc1. The van der Waals surface area contributed by atoms with Crippen LogP contribution >= 0.6 is 0 Å². The van der Waals surface area contributed by atoms with Gasteiger partial charge in [-0.2, -0.15) is 0 Å². The zero-order chi connectivity index (χ0) is 12.1. The molecule has 1 atom stereocenters. The summed E-state index contributed by atoms with van der Waals surface area (Å²) in [5, 5.41) is 0. The lowest BCUT2D eigenvalue weighted by Gasteiger charge is -2.15. The summed E-state index contributed by atoms with van der Waals surface area (Å²) in [5.41, 5.74) is 1.02. The van der Waals surface area contributed by atoms with Crippen LogP contribution in [-0.4, -0.2) is 0 Å². The summed E-state index contributed by atoms with van der Waals surface area (Å²) in [4.78, 5) is 0. The molecule has 0 aliphatic heterocycles. The molecule has 2 rings (SSSR count). The van der Waals surface area contributed by atoms with Gasteiger partial charge in [0.2, 0.25) is 0 Å². The second-order valence-electron chi connectivity index (χ2n) is 3.64. The minimum atomic E-state index is -0.271. The van der Waals surface area contributed by atoms with Gasteiger partial charge in [0.05, 0.1) is 0 Å². The van der Waals surface area contributed by atoms with Crippen LogP contribution in [0.3, 0.4) is 0 Å². The molecule has 86 valence electrons. The van der Waals surface area contributed by atoms with Gasteiger partial charge in [0, 0.05) is 0 Å². The number of benzene rings is 2. The fourth-order valence-corrected chi connectivity index (χ4v) is 1.55. The van der Waals surface area contributed by atoms with Gasteiger partial charge < -0.3 is 4.74 Å². The molecule has 0 aliphatic rings. The van der Waals surface area contributed by atoms with Crippen molar-refractivity contribution in [1.29, 1.82) is 0 Å². The quantitative estimate of drug-likeness (QED) is 0.715. The highest BCUT2D eigenvalue weighted by atomic mass is 19.1. The van der Waals surface area contributed by atoms with E-state index in [0.29, 0.717) is 5.75 Å². The smallest absolute Gasteiger partial charge is 0.142 e. The maximum Gasteiger partial charge on any atom is 0.142 e. The van der Waals surface area contributed by atoms with Crippen molar-refractivity contribution >= 4 is 0 Å². The molecule has 1 nitrogen and oxygen atoms in total. The molecular weight excluding hydrogens is 215 g/mol. The van der Waals surface area contributed by atoms with Crippen molar-refractivity contribution in [3.05, 3.63) is 78.6 Å². The Bertz CT molecular complexity index is 476. The van der Waals surface area contributed by atoms with Crippen LogP contribution in [-0.2, 0) is 0 Å². The van der Waals surface area contributed by atoms with Gasteiger partial charge in [0.25, 0.3) is 0 Å². The Balaban J connectivity index is 2.16. The van der Waals surface area contributed by atoms with Gasteiger partial charge in [-0.3, -0.25) is 0 Å². The van der Waals surface area contributed by atoms with Gasteiger partial charge in [0.1, 0.15) is 17.7 Å². The molecule has 2 aromatic carbocycles. The summed E-state index contributed by atoms with van der Waals surface area (Å²) in [7, 11) is 0. The highest BCUT2D eigenvalue weighted by Gasteiger charge is 2.08. The third-order valence-corrected chi connectivity index (χ3v) is 2.42. The molecule has 0 bridgehead atoms. The minimum Gasteiger partial charge on any atom is -0.482 e. The lowest BCUT2D eigenvalue weighted by molar-refractivity contribution is 0.255. The van der Waals surface area contributed by atoms with Crippen molar-refractivity contribution in [2.24, 2.45) is 0 Å². The topological polar surface area (TPSA) is 9.23 Å². The first kappa shape index (κ1) is 11.4. The largest absolute Gasteiger partial charge is 0.482 e. The average molecular weight is 228 g/mol. The van der Waals surface area contributed by atoms with E-state index in [4.69, 9.17) is 4.74 Å². The van der Waals surface area contributed by atoms with Gasteiger partial charge in [0.15, 0.2) is 0 Å². The molecule has 0 amide bonds. The van der Waals surface area contributed by atoms with Gasteiger partial charge in [-0.25, -0.2) is 4.39 Å². The molecule has 0 fully saturated rings. The molecule has 17 heavy (non-hydrogen) atoms. The Morgan fingerprint density at radius 2 is 1.65 bits per heavy atom. The molecule has 0 aliphatic carbocycles. The predicted molar refractivity (Wildman–Crippen MR) is 66.4 cm³/mol. The Labute approximate surface area is 100 Å². The van der Waals surface area contributed by atoms with E-state index in [0.717, 1.165) is 5.56 Å². The molecule has 0 spiro atoms. The molecule has 2 heteroatoms. The van der Waals surface area contributed by atoms with Crippen LogP contribution < -0.4 is 4.74 Å². The molecule has 1 unspecified atom stereocenters. The van der Waals surface area contributed by atoms with Gasteiger partial charge in [-0.1, -0.05) is 36.9 Å². The Kier molecular flexibility index (Phi) is 3.55. The van der Waals surface area contributed by atoms with Crippen LogP contribution in [0.2, 0.25) is 0 Å². The van der Waals surface area contributed by atoms with E-state index in [2.05, 4.69) is 6.58 Å². The average Bonchev–Trinajstić information content (AvgIpc) is 2.39. The van der Waals surface area contributed by atoms with Crippen LogP contribution in [0.4, 0.5) is 4.39 Å². The Morgan fingerprint density at radius 3 is 2.24 bits per heavy atom. The Hall–Kier alpha value is -2.09. The predicted octanol–water partition coefficient (Wildman–Crippen LogP) is 4.13. The third-order valence-electron chi connectivity index (χ3n) is 2.42. The Morgan fingerprint density at radius 1 is 1.00 bits per heavy atom. The van der Waals surface area contributed by atoms with Crippen molar-refractivity contribution < 1.29 is 9.13 Å². The zero-order valence-electron chi connectivity index (χ0n) is 9.34. The highest BCUT2D eigenvalue weighted by Crippen LogP contribution is 2.22. The first-order valence-electron chi connectivity index (χ1n) is 5.39. The molecule has 0 N–H and O–H groups in total. The molecule has 0 radical (unpaired) electrons. The summed E-state index contributed by atoms with van der Waals surface area (Å²) in [6, 6.07) is 15.7. The molecule has 0 aromatic heterocycles. The summed E-state index contributed by atoms with van der Waals surface area (Å²) >= 11 is 0. The van der Waals surface area contributed by atoms with Crippen LogP contribution in [0.5, 0.6) is 5.75 Å². The first-order valence-corrected chi connectivity index (χ1v) is 5.39. The second kappa shape index (κ2) is 5.30. The van der Waals surface area contributed by atoms with E-state index >= 15 is 0 Å². The lowest BCUT2D eigenvalue weighted by atomic mass is 10.1. The maximum atomic E-state index is 12.8. The van der Waals surface area contributed by atoms with Crippen LogP contribution in [0, 0.1) is 5.82 Å². The summed E-state index contributed by atoms with van der Waals surface area (Å²) in [6.07, 6.45) is 1.50. The van der Waals surface area contributed by atoms with Gasteiger partial charge in [-0.15, -0.1) is 0 Å². The molecule has 2 aromatic rings. The van der Waals surface area contributed by atoms with E-state index in [9.17, 15) is 4.39 Å². The zero-order valence-corrected chi connectivity index (χ0v) is 9.34. The van der Waals surface area contributed by atoms with Crippen LogP contribution in [0.25, 0.3) is 0 Å². The van der Waals surface area contributed by atoms with Crippen molar-refractivity contribution in [2.45, 2.75) is 6.10 Å². The van der Waals surface area contributed by atoms with E-state index in [-0.39, 0.29) is 11.9 Å². The fourth-order valence-electron chi connectivity index (χ4n) is 1.55. The number of rotatable bonds is 4. The molecule has 0 saturated carbocycles. The normalized spacial score (nSPS) is 11.8. The standard InChI is InChI=1S/C15H13FO/c1-2-15(12-6-4-3-5-7-12)17-14-10-8-13(16)9-11-14/h2-11,15H,1H2. The van der Waals surface area contributed by atoms with E-state index < -0.39 is 0 Å².